The number of aryl methyl sites for hydroxylation is 1. The Morgan fingerprint density at radius 1 is 1.41 bits per heavy atom. The van der Waals surface area contributed by atoms with E-state index in [4.69, 9.17) is 4.52 Å². The number of anilines is 1. The zero-order chi connectivity index (χ0) is 11.7. The van der Waals surface area contributed by atoms with Crippen LogP contribution in [0.15, 0.2) is 35.1 Å². The number of hydrogen-bond acceptors (Lipinski definition) is 5. The minimum atomic E-state index is 0.592. The van der Waals surface area contributed by atoms with Crippen LogP contribution in [0.2, 0.25) is 0 Å². The molecule has 0 radical (unpaired) electrons. The molecule has 6 nitrogen and oxygen atoms in total. The van der Waals surface area contributed by atoms with Gasteiger partial charge in [-0.2, -0.15) is 5.10 Å². The maximum absolute atomic E-state index is 4.99. The molecule has 0 bridgehead atoms. The second-order valence-corrected chi connectivity index (χ2v) is 3.73. The maximum atomic E-state index is 4.99. The molecule has 17 heavy (non-hydrogen) atoms. The molecule has 0 amide bonds. The lowest BCUT2D eigenvalue weighted by Crippen LogP contribution is -2.02. The van der Waals surface area contributed by atoms with Gasteiger partial charge in [0, 0.05) is 18.3 Å². The van der Waals surface area contributed by atoms with E-state index in [1.54, 1.807) is 10.7 Å². The summed E-state index contributed by atoms with van der Waals surface area (Å²) in [5.74, 6) is 1.60. The van der Waals surface area contributed by atoms with Crippen molar-refractivity contribution in [2.45, 2.75) is 13.5 Å². The van der Waals surface area contributed by atoms with Crippen LogP contribution in [0.4, 0.5) is 5.82 Å². The summed E-state index contributed by atoms with van der Waals surface area (Å²) in [4.78, 5) is 4.39. The molecule has 3 heterocycles. The number of aromatic nitrogens is 4. The van der Waals surface area contributed by atoms with E-state index in [9.17, 15) is 0 Å². The van der Waals surface area contributed by atoms with Crippen molar-refractivity contribution in [3.8, 4) is 0 Å². The molecule has 6 heteroatoms. The van der Waals surface area contributed by atoms with Crippen LogP contribution in [0.1, 0.15) is 11.5 Å². The number of nitrogens with one attached hydrogen (secondary N) is 1. The first kappa shape index (κ1) is 9.83. The van der Waals surface area contributed by atoms with Gasteiger partial charge in [-0.05, 0) is 13.0 Å². The third-order valence-electron chi connectivity index (χ3n) is 2.39. The van der Waals surface area contributed by atoms with Crippen LogP contribution >= 0.6 is 0 Å². The molecular formula is C11H11N5O. The van der Waals surface area contributed by atoms with Gasteiger partial charge in [-0.3, -0.25) is 0 Å². The van der Waals surface area contributed by atoms with Crippen molar-refractivity contribution in [3.63, 3.8) is 0 Å². The van der Waals surface area contributed by atoms with Crippen LogP contribution in [-0.4, -0.2) is 19.8 Å². The van der Waals surface area contributed by atoms with Crippen LogP contribution < -0.4 is 5.32 Å². The van der Waals surface area contributed by atoms with E-state index < -0.39 is 0 Å². The zero-order valence-electron chi connectivity index (χ0n) is 9.29. The first-order valence-electron chi connectivity index (χ1n) is 5.28. The van der Waals surface area contributed by atoms with Gasteiger partial charge < -0.3 is 9.84 Å². The molecule has 3 rings (SSSR count). The quantitative estimate of drug-likeness (QED) is 0.739. The Balaban J connectivity index is 1.76. The van der Waals surface area contributed by atoms with E-state index >= 15 is 0 Å². The van der Waals surface area contributed by atoms with Gasteiger partial charge >= 0.3 is 0 Å². The highest BCUT2D eigenvalue weighted by atomic mass is 16.5. The zero-order valence-corrected chi connectivity index (χ0v) is 9.29. The summed E-state index contributed by atoms with van der Waals surface area (Å²) in [5, 5.41) is 11.2. The van der Waals surface area contributed by atoms with Crippen LogP contribution in [-0.2, 0) is 6.54 Å². The molecule has 0 aliphatic rings. The van der Waals surface area contributed by atoms with Gasteiger partial charge in [0.2, 0.25) is 0 Å². The molecule has 0 saturated carbocycles. The standard InChI is InChI=1S/C11H11N5O/c1-8-6-9(15-17-8)7-12-10-3-5-16-11(14-10)2-4-13-16/h2-6H,7H2,1H3,(H,12,14). The third-order valence-corrected chi connectivity index (χ3v) is 2.39. The van der Waals surface area contributed by atoms with Crippen molar-refractivity contribution in [1.82, 2.24) is 19.8 Å². The fourth-order valence-electron chi connectivity index (χ4n) is 1.59. The summed E-state index contributed by atoms with van der Waals surface area (Å²) in [6.45, 7) is 2.46. The lowest BCUT2D eigenvalue weighted by Gasteiger charge is -2.02. The SMILES string of the molecule is Cc1cc(CNc2ccn3nccc3n2)no1. The molecular weight excluding hydrogens is 218 g/mol. The maximum Gasteiger partial charge on any atom is 0.157 e. The van der Waals surface area contributed by atoms with E-state index in [2.05, 4.69) is 20.6 Å². The summed E-state index contributed by atoms with van der Waals surface area (Å²) in [6.07, 6.45) is 3.58. The van der Waals surface area contributed by atoms with E-state index in [1.165, 1.54) is 0 Å². The third kappa shape index (κ3) is 1.96. The van der Waals surface area contributed by atoms with E-state index in [0.29, 0.717) is 6.54 Å². The second kappa shape index (κ2) is 3.89. The molecule has 0 aromatic carbocycles. The average molecular weight is 229 g/mol. The summed E-state index contributed by atoms with van der Waals surface area (Å²) in [5.41, 5.74) is 1.67. The molecule has 1 N–H and O–H groups in total. The van der Waals surface area contributed by atoms with E-state index in [0.717, 1.165) is 22.9 Å². The Morgan fingerprint density at radius 3 is 3.18 bits per heavy atom. The molecule has 3 aromatic rings. The van der Waals surface area contributed by atoms with Gasteiger partial charge in [0.05, 0.1) is 12.7 Å². The Morgan fingerprint density at radius 2 is 2.35 bits per heavy atom. The fourth-order valence-corrected chi connectivity index (χ4v) is 1.59. The van der Waals surface area contributed by atoms with Crippen LogP contribution in [0.5, 0.6) is 0 Å². The van der Waals surface area contributed by atoms with Crippen LogP contribution in [0, 0.1) is 6.92 Å². The molecule has 3 aromatic heterocycles. The molecule has 0 saturated heterocycles. The first-order valence-corrected chi connectivity index (χ1v) is 5.28. The van der Waals surface area contributed by atoms with Crippen LogP contribution in [0.25, 0.3) is 5.65 Å². The molecule has 0 aliphatic carbocycles. The summed E-state index contributed by atoms with van der Waals surface area (Å²) >= 11 is 0. The molecule has 86 valence electrons. The minimum Gasteiger partial charge on any atom is -0.364 e. The minimum absolute atomic E-state index is 0.592. The van der Waals surface area contributed by atoms with Crippen molar-refractivity contribution in [2.75, 3.05) is 5.32 Å². The Bertz CT molecular complexity index is 642. The molecule has 0 unspecified atom stereocenters. The van der Waals surface area contributed by atoms with Crippen molar-refractivity contribution in [2.24, 2.45) is 0 Å². The highest BCUT2D eigenvalue weighted by Gasteiger charge is 2.01. The van der Waals surface area contributed by atoms with Crippen molar-refractivity contribution in [1.29, 1.82) is 0 Å². The summed E-state index contributed by atoms with van der Waals surface area (Å²) in [7, 11) is 0. The van der Waals surface area contributed by atoms with Gasteiger partial charge in [-0.1, -0.05) is 5.16 Å². The number of nitrogens with zero attached hydrogens (tertiary/aromatic N) is 4. The highest BCUT2D eigenvalue weighted by molar-refractivity contribution is 5.45. The van der Waals surface area contributed by atoms with Gasteiger partial charge in [0.15, 0.2) is 5.65 Å². The van der Waals surface area contributed by atoms with Gasteiger partial charge in [0.1, 0.15) is 17.3 Å². The molecule has 0 atom stereocenters. The van der Waals surface area contributed by atoms with Crippen molar-refractivity contribution < 1.29 is 4.52 Å². The smallest absolute Gasteiger partial charge is 0.157 e. The number of hydrogen-bond donors (Lipinski definition) is 1. The predicted octanol–water partition coefficient (Wildman–Crippen LogP) is 1.64. The monoisotopic (exact) mass is 229 g/mol. The van der Waals surface area contributed by atoms with Crippen molar-refractivity contribution >= 4 is 11.5 Å². The van der Waals surface area contributed by atoms with Crippen molar-refractivity contribution in [3.05, 3.63) is 42.0 Å². The lowest BCUT2D eigenvalue weighted by atomic mass is 10.4. The normalized spacial score (nSPS) is 10.9. The highest BCUT2D eigenvalue weighted by Crippen LogP contribution is 2.08. The second-order valence-electron chi connectivity index (χ2n) is 3.73. The average Bonchev–Trinajstić information content (AvgIpc) is 2.94. The first-order chi connectivity index (χ1) is 8.31. The van der Waals surface area contributed by atoms with Gasteiger partial charge in [-0.25, -0.2) is 9.50 Å². The summed E-state index contributed by atoms with van der Waals surface area (Å²) in [6, 6.07) is 5.61. The Kier molecular flexibility index (Phi) is 2.25. The predicted molar refractivity (Wildman–Crippen MR) is 61.6 cm³/mol. The van der Waals surface area contributed by atoms with Crippen LogP contribution in [0.3, 0.4) is 0 Å². The number of fused-ring (bicyclic) bond motifs is 1. The number of rotatable bonds is 3. The van der Waals surface area contributed by atoms with Gasteiger partial charge in [-0.15, -0.1) is 0 Å². The molecule has 0 aliphatic heterocycles. The lowest BCUT2D eigenvalue weighted by molar-refractivity contribution is 0.391. The Labute approximate surface area is 97.3 Å². The van der Waals surface area contributed by atoms with E-state index in [-0.39, 0.29) is 0 Å². The Hall–Kier alpha value is -2.37. The molecule has 0 fully saturated rings. The van der Waals surface area contributed by atoms with E-state index in [1.807, 2.05) is 31.3 Å². The summed E-state index contributed by atoms with van der Waals surface area (Å²) < 4.78 is 6.70. The largest absolute Gasteiger partial charge is 0.364 e. The molecule has 0 spiro atoms. The van der Waals surface area contributed by atoms with Gasteiger partial charge in [0.25, 0.3) is 0 Å². The topological polar surface area (TPSA) is 68.2 Å². The fraction of sp³-hybridized carbons (Fsp3) is 0.182.